The third-order valence-corrected chi connectivity index (χ3v) is 3.56. The van der Waals surface area contributed by atoms with Crippen molar-refractivity contribution in [3.8, 4) is 17.4 Å². The Morgan fingerprint density at radius 1 is 1.22 bits per heavy atom. The molecule has 0 fully saturated rings. The van der Waals surface area contributed by atoms with E-state index in [1.54, 1.807) is 0 Å². The minimum absolute atomic E-state index is 0.0542. The van der Waals surface area contributed by atoms with Crippen molar-refractivity contribution in [1.29, 1.82) is 0 Å². The first-order valence-electron chi connectivity index (χ1n) is 8.02. The molecule has 0 saturated carbocycles. The number of hydrogen-bond donors (Lipinski definition) is 1. The van der Waals surface area contributed by atoms with E-state index < -0.39 is 29.9 Å². The average Bonchev–Trinajstić information content (AvgIpc) is 3.07. The van der Waals surface area contributed by atoms with Gasteiger partial charge < -0.3 is 14.5 Å². The fraction of sp³-hybridized carbons (Fsp3) is 0.294. The highest BCUT2D eigenvalue weighted by molar-refractivity contribution is 5.75. The van der Waals surface area contributed by atoms with Crippen molar-refractivity contribution in [2.75, 3.05) is 13.2 Å². The van der Waals surface area contributed by atoms with Gasteiger partial charge in [0.1, 0.15) is 5.65 Å². The lowest BCUT2D eigenvalue weighted by Gasteiger charge is -2.14. The van der Waals surface area contributed by atoms with Gasteiger partial charge in [0.15, 0.2) is 18.2 Å². The Labute approximate surface area is 150 Å². The van der Waals surface area contributed by atoms with E-state index in [4.69, 9.17) is 4.74 Å². The van der Waals surface area contributed by atoms with E-state index in [-0.39, 0.29) is 23.7 Å². The Hall–Kier alpha value is -3.04. The Bertz CT molecular complexity index is 1010. The number of hydrogen-bond acceptors (Lipinski definition) is 4. The Morgan fingerprint density at radius 2 is 2.00 bits per heavy atom. The molecule has 27 heavy (non-hydrogen) atoms. The molecule has 10 heteroatoms. The largest absolute Gasteiger partial charge is 0.481 e. The molecule has 3 rings (SSSR count). The van der Waals surface area contributed by atoms with Gasteiger partial charge in [-0.3, -0.25) is 4.79 Å². The number of alkyl halides is 3. The molecule has 0 amide bonds. The van der Waals surface area contributed by atoms with Crippen LogP contribution in [0, 0.1) is 5.82 Å². The monoisotopic (exact) mass is 385 g/mol. The van der Waals surface area contributed by atoms with Gasteiger partial charge in [0.25, 0.3) is 5.56 Å². The molecule has 0 bridgehead atoms. The number of aromatic amines is 1. The van der Waals surface area contributed by atoms with Crippen molar-refractivity contribution < 1.29 is 27.0 Å². The van der Waals surface area contributed by atoms with Crippen LogP contribution < -0.4 is 15.0 Å². The van der Waals surface area contributed by atoms with Crippen LogP contribution in [0.1, 0.15) is 13.3 Å². The quantitative estimate of drug-likeness (QED) is 0.659. The molecule has 2 heterocycles. The number of benzene rings is 1. The average molecular weight is 385 g/mol. The lowest BCUT2D eigenvalue weighted by Crippen LogP contribution is -2.22. The predicted molar refractivity (Wildman–Crippen MR) is 89.0 cm³/mol. The van der Waals surface area contributed by atoms with Crippen LogP contribution in [0.15, 0.2) is 35.3 Å². The molecule has 0 atom stereocenters. The lowest BCUT2D eigenvalue weighted by atomic mass is 10.2. The van der Waals surface area contributed by atoms with Crippen LogP contribution >= 0.6 is 0 Å². The molecule has 3 aromatic rings. The maximum atomic E-state index is 14.2. The van der Waals surface area contributed by atoms with Crippen molar-refractivity contribution in [1.82, 2.24) is 14.5 Å². The molecular weight excluding hydrogens is 370 g/mol. The number of ether oxygens (including phenoxy) is 2. The Kier molecular flexibility index (Phi) is 5.06. The van der Waals surface area contributed by atoms with Gasteiger partial charge in [0.2, 0.25) is 0 Å². The van der Waals surface area contributed by atoms with Gasteiger partial charge in [-0.15, -0.1) is 0 Å². The number of H-pyrrole nitrogens is 1. The molecule has 0 aliphatic heterocycles. The highest BCUT2D eigenvalue weighted by Crippen LogP contribution is 2.25. The van der Waals surface area contributed by atoms with E-state index in [0.717, 1.165) is 16.7 Å². The van der Waals surface area contributed by atoms with Gasteiger partial charge >= 0.3 is 12.2 Å². The zero-order chi connectivity index (χ0) is 19.6. The second-order valence-electron chi connectivity index (χ2n) is 5.64. The van der Waals surface area contributed by atoms with Gasteiger partial charge in [-0.25, -0.2) is 8.96 Å². The number of fused-ring (bicyclic) bond motifs is 1. The van der Waals surface area contributed by atoms with Crippen molar-refractivity contribution in [3.63, 3.8) is 0 Å². The molecule has 1 N–H and O–H groups in total. The van der Waals surface area contributed by atoms with Gasteiger partial charge in [-0.05, 0) is 24.6 Å². The number of rotatable bonds is 6. The fourth-order valence-corrected chi connectivity index (χ4v) is 2.40. The first-order chi connectivity index (χ1) is 12.8. The Balaban J connectivity index is 2.04. The minimum atomic E-state index is -4.59. The molecular formula is C17H15F4N3O3. The van der Waals surface area contributed by atoms with Crippen LogP contribution in [0.25, 0.3) is 16.7 Å². The zero-order valence-corrected chi connectivity index (χ0v) is 14.1. The molecule has 0 saturated heterocycles. The number of aromatic nitrogens is 3. The van der Waals surface area contributed by atoms with E-state index in [1.807, 2.05) is 6.92 Å². The summed E-state index contributed by atoms with van der Waals surface area (Å²) in [7, 11) is 0. The number of nitrogens with one attached hydrogen (secondary N) is 1. The highest BCUT2D eigenvalue weighted by atomic mass is 19.4. The van der Waals surface area contributed by atoms with Crippen molar-refractivity contribution in [2.24, 2.45) is 0 Å². The van der Waals surface area contributed by atoms with E-state index in [9.17, 15) is 22.4 Å². The first-order valence-corrected chi connectivity index (χ1v) is 8.02. The van der Waals surface area contributed by atoms with Crippen LogP contribution in [-0.2, 0) is 0 Å². The zero-order valence-electron chi connectivity index (χ0n) is 14.1. The molecule has 0 aliphatic rings. The topological polar surface area (TPSA) is 69.1 Å². The summed E-state index contributed by atoms with van der Waals surface area (Å²) in [6.45, 7) is 0.515. The minimum Gasteiger partial charge on any atom is -0.481 e. The highest BCUT2D eigenvalue weighted by Gasteiger charge is 2.29. The maximum Gasteiger partial charge on any atom is 0.422 e. The van der Waals surface area contributed by atoms with Crippen molar-refractivity contribution in [3.05, 3.63) is 46.6 Å². The maximum absolute atomic E-state index is 14.2. The molecule has 6 nitrogen and oxygen atoms in total. The smallest absolute Gasteiger partial charge is 0.422 e. The van der Waals surface area contributed by atoms with Gasteiger partial charge in [0.05, 0.1) is 17.7 Å². The molecule has 1 aromatic carbocycles. The number of nitrogens with zero attached hydrogens (tertiary/aromatic N) is 2. The van der Waals surface area contributed by atoms with Crippen molar-refractivity contribution >= 4 is 11.0 Å². The van der Waals surface area contributed by atoms with Crippen LogP contribution in [-0.4, -0.2) is 33.9 Å². The van der Waals surface area contributed by atoms with E-state index in [2.05, 4.69) is 14.7 Å². The third kappa shape index (κ3) is 4.04. The summed E-state index contributed by atoms with van der Waals surface area (Å²) in [6.07, 6.45) is -2.41. The molecule has 0 unspecified atom stereocenters. The molecule has 0 spiro atoms. The van der Waals surface area contributed by atoms with Crippen LogP contribution in [0.2, 0.25) is 0 Å². The van der Waals surface area contributed by atoms with Gasteiger partial charge in [0, 0.05) is 12.3 Å². The lowest BCUT2D eigenvalue weighted by molar-refractivity contribution is -0.153. The van der Waals surface area contributed by atoms with E-state index >= 15 is 0 Å². The second-order valence-corrected chi connectivity index (χ2v) is 5.64. The first kappa shape index (κ1) is 18.7. The van der Waals surface area contributed by atoms with E-state index in [0.29, 0.717) is 12.1 Å². The second kappa shape index (κ2) is 7.29. The summed E-state index contributed by atoms with van der Waals surface area (Å²) in [5, 5.41) is 0.261. The van der Waals surface area contributed by atoms with Crippen molar-refractivity contribution in [2.45, 2.75) is 19.5 Å². The van der Waals surface area contributed by atoms with Gasteiger partial charge in [-0.1, -0.05) is 6.92 Å². The van der Waals surface area contributed by atoms with Gasteiger partial charge in [-0.2, -0.15) is 18.2 Å². The normalized spacial score (nSPS) is 11.7. The summed E-state index contributed by atoms with van der Waals surface area (Å²) >= 11 is 0. The van der Waals surface area contributed by atoms with E-state index in [1.165, 1.54) is 18.3 Å². The number of halogens is 4. The summed E-state index contributed by atoms with van der Waals surface area (Å²) in [4.78, 5) is 19.8. The molecule has 0 radical (unpaired) electrons. The third-order valence-electron chi connectivity index (χ3n) is 3.56. The summed E-state index contributed by atoms with van der Waals surface area (Å²) < 4.78 is 61.9. The molecule has 2 aromatic heterocycles. The summed E-state index contributed by atoms with van der Waals surface area (Å²) in [5.41, 5.74) is -0.137. The fourth-order valence-electron chi connectivity index (χ4n) is 2.40. The van der Waals surface area contributed by atoms with Crippen LogP contribution in [0.4, 0.5) is 17.6 Å². The SMILES string of the molecule is CCCOc1nc2[nH]ccc2c(=O)n1-c1ccc(OCC(F)(F)F)c(F)c1. The summed E-state index contributed by atoms with van der Waals surface area (Å²) in [6, 6.07) is 4.64. The molecule has 144 valence electrons. The van der Waals surface area contributed by atoms with Crippen LogP contribution in [0.3, 0.4) is 0 Å². The predicted octanol–water partition coefficient (Wildman–Crippen LogP) is 3.58. The molecule has 0 aliphatic carbocycles. The Morgan fingerprint density at radius 3 is 2.67 bits per heavy atom. The van der Waals surface area contributed by atoms with Crippen LogP contribution in [0.5, 0.6) is 11.8 Å². The summed E-state index contributed by atoms with van der Waals surface area (Å²) in [5.74, 6) is -1.62. The standard InChI is InChI=1S/C17H15F4N3O3/c1-2-7-26-16-23-14-11(5-6-22-14)15(25)24(16)10-3-4-13(12(18)8-10)27-9-17(19,20)21/h3-6,8,22H,2,7,9H2,1H3.